The van der Waals surface area contributed by atoms with Gasteiger partial charge in [0.25, 0.3) is 5.91 Å². The molecule has 0 radical (unpaired) electrons. The average molecular weight is 381 g/mol. The Balaban J connectivity index is 1.95. The number of methoxy groups -OCH3 is 1. The van der Waals surface area contributed by atoms with E-state index in [2.05, 4.69) is 10.5 Å². The number of hydrazone groups is 1. The van der Waals surface area contributed by atoms with Crippen molar-refractivity contribution in [3.05, 3.63) is 52.8 Å². The first-order chi connectivity index (χ1) is 12.5. The molecule has 0 bridgehead atoms. The minimum absolute atomic E-state index is 0.00470. The number of nitrogens with zero attached hydrogens (tertiary/aromatic N) is 1. The van der Waals surface area contributed by atoms with Gasteiger partial charge in [-0.3, -0.25) is 4.79 Å². The Morgan fingerprint density at radius 1 is 1.27 bits per heavy atom. The van der Waals surface area contributed by atoms with Gasteiger partial charge in [-0.2, -0.15) is 5.10 Å². The average Bonchev–Trinajstić information content (AvgIpc) is 2.61. The number of rotatable bonds is 8. The number of carbonyl (C=O) groups is 1. The summed E-state index contributed by atoms with van der Waals surface area (Å²) in [7, 11) is 1.49. The van der Waals surface area contributed by atoms with E-state index in [0.29, 0.717) is 28.7 Å². The fraction of sp³-hybridized carbons (Fsp3) is 0.222. The molecule has 1 N–H and O–H groups in total. The predicted octanol–water partition coefficient (Wildman–Crippen LogP) is 3.42. The van der Waals surface area contributed by atoms with Crippen LogP contribution in [-0.4, -0.2) is 32.4 Å². The van der Waals surface area contributed by atoms with Crippen molar-refractivity contribution in [2.24, 2.45) is 5.10 Å². The van der Waals surface area contributed by atoms with Gasteiger partial charge in [0.05, 0.1) is 25.0 Å². The van der Waals surface area contributed by atoms with Gasteiger partial charge in [-0.15, -0.1) is 0 Å². The number of nitrogens with one attached hydrogen (secondary N) is 1. The number of para-hydroxylation sites is 1. The van der Waals surface area contributed by atoms with Crippen molar-refractivity contribution in [1.29, 1.82) is 0 Å². The highest BCUT2D eigenvalue weighted by atomic mass is 35.5. The summed E-state index contributed by atoms with van der Waals surface area (Å²) >= 11 is 6.13. The van der Waals surface area contributed by atoms with Crippen LogP contribution in [0.5, 0.6) is 17.2 Å². The lowest BCUT2D eigenvalue weighted by atomic mass is 10.2. The lowest BCUT2D eigenvalue weighted by Gasteiger charge is -2.11. The van der Waals surface area contributed by atoms with Crippen LogP contribution in [0.1, 0.15) is 12.5 Å². The highest BCUT2D eigenvalue weighted by Gasteiger charge is 2.11. The number of carbonyl (C=O) groups excluding carboxylic acids is 1. The molecule has 2 aromatic rings. The first-order valence-electron chi connectivity index (χ1n) is 7.74. The third-order valence-corrected chi connectivity index (χ3v) is 3.41. The van der Waals surface area contributed by atoms with E-state index in [9.17, 15) is 9.18 Å². The summed E-state index contributed by atoms with van der Waals surface area (Å²) in [5, 5.41) is 4.18. The van der Waals surface area contributed by atoms with Crippen LogP contribution in [0.4, 0.5) is 4.39 Å². The van der Waals surface area contributed by atoms with E-state index < -0.39 is 11.7 Å². The van der Waals surface area contributed by atoms with Gasteiger partial charge in [0, 0.05) is 0 Å². The second-order valence-corrected chi connectivity index (χ2v) is 5.39. The van der Waals surface area contributed by atoms with E-state index >= 15 is 0 Å². The lowest BCUT2D eigenvalue weighted by Crippen LogP contribution is -2.24. The second-order valence-electron chi connectivity index (χ2n) is 4.98. The lowest BCUT2D eigenvalue weighted by molar-refractivity contribution is -0.123. The number of amides is 1. The van der Waals surface area contributed by atoms with Crippen LogP contribution in [0.3, 0.4) is 0 Å². The molecular weight excluding hydrogens is 363 g/mol. The van der Waals surface area contributed by atoms with Crippen molar-refractivity contribution >= 4 is 23.7 Å². The normalized spacial score (nSPS) is 10.6. The summed E-state index contributed by atoms with van der Waals surface area (Å²) in [5.74, 6) is -0.185. The Labute approximate surface area is 155 Å². The Morgan fingerprint density at radius 3 is 2.73 bits per heavy atom. The largest absolute Gasteiger partial charge is 0.491 e. The molecule has 0 unspecified atom stereocenters. The van der Waals surface area contributed by atoms with Gasteiger partial charge in [-0.05, 0) is 36.8 Å². The second kappa shape index (κ2) is 9.62. The zero-order valence-corrected chi connectivity index (χ0v) is 15.0. The van der Waals surface area contributed by atoms with Crippen molar-refractivity contribution in [2.75, 3.05) is 20.3 Å². The van der Waals surface area contributed by atoms with Crippen molar-refractivity contribution < 1.29 is 23.4 Å². The maximum atomic E-state index is 13.4. The molecule has 0 aliphatic rings. The third-order valence-electron chi connectivity index (χ3n) is 3.13. The van der Waals surface area contributed by atoms with Gasteiger partial charge in [-0.1, -0.05) is 23.7 Å². The van der Waals surface area contributed by atoms with Crippen LogP contribution >= 0.6 is 11.6 Å². The first-order valence-corrected chi connectivity index (χ1v) is 8.12. The summed E-state index contributed by atoms with van der Waals surface area (Å²) in [6.45, 7) is 1.91. The van der Waals surface area contributed by atoms with E-state index in [1.165, 1.54) is 31.5 Å². The van der Waals surface area contributed by atoms with Crippen molar-refractivity contribution in [3.8, 4) is 17.2 Å². The highest BCUT2D eigenvalue weighted by molar-refractivity contribution is 6.32. The molecule has 0 atom stereocenters. The highest BCUT2D eigenvalue weighted by Crippen LogP contribution is 2.35. The minimum atomic E-state index is -0.542. The van der Waals surface area contributed by atoms with Gasteiger partial charge < -0.3 is 14.2 Å². The molecule has 0 heterocycles. The van der Waals surface area contributed by atoms with Crippen molar-refractivity contribution in [2.45, 2.75) is 6.92 Å². The van der Waals surface area contributed by atoms with Crippen LogP contribution in [0.2, 0.25) is 5.02 Å². The van der Waals surface area contributed by atoms with Gasteiger partial charge in [-0.25, -0.2) is 9.82 Å². The predicted molar refractivity (Wildman–Crippen MR) is 96.8 cm³/mol. The van der Waals surface area contributed by atoms with Crippen LogP contribution in [-0.2, 0) is 4.79 Å². The SMILES string of the molecule is CCOc1cc(/C=N\NC(=O)COc2ccccc2F)cc(Cl)c1OC. The molecule has 0 aliphatic carbocycles. The molecule has 138 valence electrons. The van der Waals surface area contributed by atoms with E-state index in [-0.39, 0.29) is 12.4 Å². The maximum absolute atomic E-state index is 13.4. The number of ether oxygens (including phenoxy) is 3. The zero-order valence-electron chi connectivity index (χ0n) is 14.3. The number of hydrogen-bond donors (Lipinski definition) is 1. The van der Waals surface area contributed by atoms with Crippen LogP contribution in [0, 0.1) is 5.82 Å². The molecule has 0 aromatic heterocycles. The summed E-state index contributed by atoms with van der Waals surface area (Å²) in [5.41, 5.74) is 2.89. The van der Waals surface area contributed by atoms with E-state index in [0.717, 1.165) is 0 Å². The topological polar surface area (TPSA) is 69.2 Å². The fourth-order valence-electron chi connectivity index (χ4n) is 2.04. The molecule has 0 aliphatic heterocycles. The Kier molecular flexibility index (Phi) is 7.23. The van der Waals surface area contributed by atoms with E-state index in [1.807, 2.05) is 6.92 Å². The van der Waals surface area contributed by atoms with Gasteiger partial charge in [0.2, 0.25) is 0 Å². The molecular formula is C18H18ClFN2O4. The first kappa shape index (κ1) is 19.5. The Bertz CT molecular complexity index is 799. The Morgan fingerprint density at radius 2 is 2.04 bits per heavy atom. The molecule has 1 amide bonds. The quantitative estimate of drug-likeness (QED) is 0.563. The smallest absolute Gasteiger partial charge is 0.277 e. The maximum Gasteiger partial charge on any atom is 0.277 e. The molecule has 0 spiro atoms. The zero-order chi connectivity index (χ0) is 18.9. The van der Waals surface area contributed by atoms with E-state index in [1.54, 1.807) is 18.2 Å². The monoisotopic (exact) mass is 380 g/mol. The minimum Gasteiger partial charge on any atom is -0.491 e. The summed E-state index contributed by atoms with van der Waals surface area (Å²) < 4.78 is 29.1. The van der Waals surface area contributed by atoms with Gasteiger partial charge >= 0.3 is 0 Å². The number of hydrogen-bond acceptors (Lipinski definition) is 5. The molecule has 8 heteroatoms. The molecule has 26 heavy (non-hydrogen) atoms. The third kappa shape index (κ3) is 5.35. The summed E-state index contributed by atoms with van der Waals surface area (Å²) in [4.78, 5) is 11.7. The molecule has 2 rings (SSSR count). The van der Waals surface area contributed by atoms with Crippen LogP contribution < -0.4 is 19.6 Å². The van der Waals surface area contributed by atoms with Crippen molar-refractivity contribution in [1.82, 2.24) is 5.43 Å². The molecule has 0 fully saturated rings. The number of halogens is 2. The summed E-state index contributed by atoms with van der Waals surface area (Å²) in [6, 6.07) is 9.12. The Hall–Kier alpha value is -2.80. The molecule has 0 saturated carbocycles. The van der Waals surface area contributed by atoms with Crippen molar-refractivity contribution in [3.63, 3.8) is 0 Å². The number of benzene rings is 2. The van der Waals surface area contributed by atoms with Crippen LogP contribution in [0.15, 0.2) is 41.5 Å². The molecule has 2 aromatic carbocycles. The molecule has 0 saturated heterocycles. The van der Waals surface area contributed by atoms with Gasteiger partial charge in [0.15, 0.2) is 29.7 Å². The van der Waals surface area contributed by atoms with E-state index in [4.69, 9.17) is 25.8 Å². The van der Waals surface area contributed by atoms with Gasteiger partial charge in [0.1, 0.15) is 0 Å². The molecule has 6 nitrogen and oxygen atoms in total. The summed E-state index contributed by atoms with van der Waals surface area (Å²) in [6.07, 6.45) is 1.40. The van der Waals surface area contributed by atoms with Crippen LogP contribution in [0.25, 0.3) is 0 Å². The fourth-order valence-corrected chi connectivity index (χ4v) is 2.34. The standard InChI is InChI=1S/C18H18ClFN2O4/c1-3-25-16-9-12(8-13(19)18(16)24-2)10-21-22-17(23)11-26-15-7-5-4-6-14(15)20/h4-10H,3,11H2,1-2H3,(H,22,23)/b21-10-.